The quantitative estimate of drug-likeness (QED) is 0.631. The monoisotopic (exact) mass is 433 g/mol. The molecule has 3 heterocycles. The van der Waals surface area contributed by atoms with Crippen LogP contribution in [0, 0.1) is 6.92 Å². The summed E-state index contributed by atoms with van der Waals surface area (Å²) in [6.07, 6.45) is 0.725. The van der Waals surface area contributed by atoms with Crippen molar-refractivity contribution in [1.82, 2.24) is 10.1 Å². The molecule has 0 fully saturated rings. The first-order valence-corrected chi connectivity index (χ1v) is 10.3. The Kier molecular flexibility index (Phi) is 5.33. The largest absolute Gasteiger partial charge is 0.478 e. The first-order valence-electron chi connectivity index (χ1n) is 9.12. The van der Waals surface area contributed by atoms with E-state index in [9.17, 15) is 4.79 Å². The molecule has 0 bridgehead atoms. The van der Waals surface area contributed by atoms with E-state index in [0.717, 1.165) is 22.4 Å². The van der Waals surface area contributed by atoms with E-state index in [4.69, 9.17) is 25.6 Å². The van der Waals surface area contributed by atoms with Crippen LogP contribution in [0.3, 0.4) is 0 Å². The van der Waals surface area contributed by atoms with Crippen LogP contribution in [0.15, 0.2) is 28.8 Å². The highest BCUT2D eigenvalue weighted by Crippen LogP contribution is 2.42. The summed E-state index contributed by atoms with van der Waals surface area (Å²) in [5.41, 5.74) is 0.734. The molecule has 0 saturated heterocycles. The van der Waals surface area contributed by atoms with E-state index in [-0.39, 0.29) is 5.91 Å². The molecular formula is C20H20ClN3O4S. The van der Waals surface area contributed by atoms with Crippen molar-refractivity contribution in [1.29, 1.82) is 0 Å². The minimum Gasteiger partial charge on any atom is -0.478 e. The average Bonchev–Trinajstić information content (AvgIpc) is 3.26. The van der Waals surface area contributed by atoms with Crippen LogP contribution < -0.4 is 10.1 Å². The molecule has 29 heavy (non-hydrogen) atoms. The highest BCUT2D eigenvalue weighted by atomic mass is 35.5. The molecule has 9 heteroatoms. The molecular weight excluding hydrogens is 414 g/mol. The topological polar surface area (TPSA) is 86.5 Å². The van der Waals surface area contributed by atoms with Gasteiger partial charge in [-0.3, -0.25) is 4.79 Å². The lowest BCUT2D eigenvalue weighted by atomic mass is 10.0. The molecule has 152 valence electrons. The van der Waals surface area contributed by atoms with Crippen molar-refractivity contribution in [2.75, 3.05) is 11.9 Å². The summed E-state index contributed by atoms with van der Waals surface area (Å²) >= 11 is 7.38. The van der Waals surface area contributed by atoms with Gasteiger partial charge in [-0.25, -0.2) is 0 Å². The fraction of sp³-hybridized carbons (Fsp3) is 0.350. The smallest absolute Gasteiger partial charge is 0.268 e. The van der Waals surface area contributed by atoms with Gasteiger partial charge in [-0.2, -0.15) is 4.98 Å². The maximum atomic E-state index is 13.1. The third-order valence-corrected chi connectivity index (χ3v) is 5.90. The van der Waals surface area contributed by atoms with E-state index in [2.05, 4.69) is 15.5 Å². The van der Waals surface area contributed by atoms with Crippen molar-refractivity contribution in [2.45, 2.75) is 39.4 Å². The lowest BCUT2D eigenvalue weighted by Gasteiger charge is -2.25. The normalized spacial score (nSPS) is 13.8. The highest BCUT2D eigenvalue weighted by molar-refractivity contribution is 7.17. The van der Waals surface area contributed by atoms with Gasteiger partial charge < -0.3 is 19.3 Å². The number of benzene rings is 1. The van der Waals surface area contributed by atoms with E-state index in [1.807, 2.05) is 0 Å². The Morgan fingerprint density at radius 2 is 2.07 bits per heavy atom. The molecule has 1 aliphatic rings. The molecule has 1 aromatic carbocycles. The van der Waals surface area contributed by atoms with Crippen LogP contribution >= 0.6 is 22.9 Å². The molecule has 2 aromatic heterocycles. The third kappa shape index (κ3) is 4.14. The maximum absolute atomic E-state index is 13.1. The van der Waals surface area contributed by atoms with Crippen LogP contribution in [-0.4, -0.2) is 28.3 Å². The zero-order chi connectivity index (χ0) is 20.6. The maximum Gasteiger partial charge on any atom is 0.268 e. The fourth-order valence-electron chi connectivity index (χ4n) is 3.04. The predicted octanol–water partition coefficient (Wildman–Crippen LogP) is 4.63. The number of thiophene rings is 1. The number of fused-ring (bicyclic) bond motifs is 1. The third-order valence-electron chi connectivity index (χ3n) is 4.52. The number of nitrogens with zero attached hydrogens (tertiary/aromatic N) is 2. The van der Waals surface area contributed by atoms with E-state index >= 15 is 0 Å². The van der Waals surface area contributed by atoms with Crippen molar-refractivity contribution in [3.05, 3.63) is 45.6 Å². The van der Waals surface area contributed by atoms with Gasteiger partial charge >= 0.3 is 0 Å². The second-order valence-corrected chi connectivity index (χ2v) is 8.72. The molecule has 0 atom stereocenters. The summed E-state index contributed by atoms with van der Waals surface area (Å²) < 4.78 is 16.9. The van der Waals surface area contributed by atoms with Crippen molar-refractivity contribution in [2.24, 2.45) is 0 Å². The average molecular weight is 434 g/mol. The minimum atomic E-state index is -1.11. The molecule has 1 amide bonds. The molecule has 0 saturated carbocycles. The minimum absolute atomic E-state index is 0.288. The van der Waals surface area contributed by atoms with Gasteiger partial charge in [-0.15, -0.1) is 11.3 Å². The lowest BCUT2D eigenvalue weighted by molar-refractivity contribution is -0.128. The number of hydrogen-bond donors (Lipinski definition) is 1. The summed E-state index contributed by atoms with van der Waals surface area (Å²) in [5.74, 6) is 1.20. The summed E-state index contributed by atoms with van der Waals surface area (Å²) in [4.78, 5) is 18.5. The summed E-state index contributed by atoms with van der Waals surface area (Å²) in [7, 11) is 0. The molecule has 7 nitrogen and oxygen atoms in total. The summed E-state index contributed by atoms with van der Waals surface area (Å²) in [6, 6.07) is 6.89. The number of hydrogen-bond acceptors (Lipinski definition) is 7. The van der Waals surface area contributed by atoms with E-state index < -0.39 is 5.60 Å². The summed E-state index contributed by atoms with van der Waals surface area (Å²) in [6.45, 7) is 6.30. The molecule has 0 unspecified atom stereocenters. The van der Waals surface area contributed by atoms with Crippen molar-refractivity contribution in [3.63, 3.8) is 0 Å². The highest BCUT2D eigenvalue weighted by Gasteiger charge is 2.33. The Bertz CT molecular complexity index is 1040. The molecule has 0 radical (unpaired) electrons. The van der Waals surface area contributed by atoms with Crippen LogP contribution in [0.5, 0.6) is 5.75 Å². The van der Waals surface area contributed by atoms with Gasteiger partial charge in [-0.1, -0.05) is 16.8 Å². The number of anilines is 1. The van der Waals surface area contributed by atoms with Gasteiger partial charge in [0.15, 0.2) is 11.4 Å². The second-order valence-electron chi connectivity index (χ2n) is 7.18. The Labute approximate surface area is 177 Å². The summed E-state index contributed by atoms with van der Waals surface area (Å²) in [5, 5.41) is 8.14. The Morgan fingerprint density at radius 3 is 2.76 bits per heavy atom. The lowest BCUT2D eigenvalue weighted by Crippen LogP contribution is -2.42. The number of carbonyl (C=O) groups is 1. The first-order chi connectivity index (χ1) is 13.8. The van der Waals surface area contributed by atoms with E-state index in [0.29, 0.717) is 40.7 Å². The van der Waals surface area contributed by atoms with Gasteiger partial charge in [0.05, 0.1) is 18.8 Å². The van der Waals surface area contributed by atoms with Crippen LogP contribution in [0.25, 0.3) is 11.5 Å². The molecule has 1 aliphatic heterocycles. The first kappa shape index (κ1) is 19.9. The Hall–Kier alpha value is -2.42. The molecule has 3 aromatic rings. The number of aryl methyl sites for hydroxylation is 1. The number of rotatable bonds is 5. The van der Waals surface area contributed by atoms with Crippen LogP contribution in [0.4, 0.5) is 5.00 Å². The van der Waals surface area contributed by atoms with Gasteiger partial charge in [0.1, 0.15) is 10.8 Å². The van der Waals surface area contributed by atoms with Crippen molar-refractivity contribution in [3.8, 4) is 17.2 Å². The SMILES string of the molecule is Cc1noc(-c2c(NC(=O)C(C)(C)Oc3ccc(Cl)cc3)sc3c2CCOC3)n1. The number of amides is 1. The molecule has 0 aliphatic carbocycles. The standard InChI is InChI=1S/C20H20ClN3O4S/c1-11-22-17(28-24-11)16-14-8-9-26-10-15(14)29-18(16)23-19(25)20(2,3)27-13-6-4-12(21)5-7-13/h4-7H,8-10H2,1-3H3,(H,23,25). The Balaban J connectivity index is 1.62. The Morgan fingerprint density at radius 1 is 1.31 bits per heavy atom. The number of aromatic nitrogens is 2. The van der Waals surface area contributed by atoms with Crippen LogP contribution in [-0.2, 0) is 22.6 Å². The van der Waals surface area contributed by atoms with E-state index in [1.165, 1.54) is 11.3 Å². The van der Waals surface area contributed by atoms with Gasteiger partial charge in [0.2, 0.25) is 0 Å². The van der Waals surface area contributed by atoms with E-state index in [1.54, 1.807) is 45.0 Å². The molecule has 4 rings (SSSR count). The number of carbonyl (C=O) groups excluding carboxylic acids is 1. The number of ether oxygens (including phenoxy) is 2. The van der Waals surface area contributed by atoms with Gasteiger partial charge in [0, 0.05) is 9.90 Å². The molecule has 1 N–H and O–H groups in total. The van der Waals surface area contributed by atoms with Crippen molar-refractivity contribution < 1.29 is 18.8 Å². The van der Waals surface area contributed by atoms with Gasteiger partial charge in [0.25, 0.3) is 11.8 Å². The fourth-order valence-corrected chi connectivity index (χ4v) is 4.34. The zero-order valence-electron chi connectivity index (χ0n) is 16.2. The molecule has 0 spiro atoms. The van der Waals surface area contributed by atoms with Gasteiger partial charge in [-0.05, 0) is 57.0 Å². The van der Waals surface area contributed by atoms with Crippen LogP contribution in [0.1, 0.15) is 30.1 Å². The number of nitrogens with one attached hydrogen (secondary N) is 1. The predicted molar refractivity (Wildman–Crippen MR) is 110 cm³/mol. The van der Waals surface area contributed by atoms with Crippen molar-refractivity contribution >= 4 is 33.8 Å². The second kappa shape index (κ2) is 7.78. The van der Waals surface area contributed by atoms with Crippen LogP contribution in [0.2, 0.25) is 5.02 Å². The zero-order valence-corrected chi connectivity index (χ0v) is 17.8. The number of halogens is 1.